The van der Waals surface area contributed by atoms with Gasteiger partial charge in [0.05, 0.1) is 0 Å². The lowest BCUT2D eigenvalue weighted by atomic mass is 9.81. The molecular formula is C12H12BrFO. The van der Waals surface area contributed by atoms with Crippen molar-refractivity contribution in [2.45, 2.75) is 31.6 Å². The predicted molar refractivity (Wildman–Crippen MR) is 60.3 cm³/mol. The minimum absolute atomic E-state index is 0.213. The summed E-state index contributed by atoms with van der Waals surface area (Å²) < 4.78 is 14.5. The van der Waals surface area contributed by atoms with E-state index in [1.165, 1.54) is 6.07 Å². The molecule has 1 unspecified atom stereocenters. The molecule has 15 heavy (non-hydrogen) atoms. The molecule has 80 valence electrons. The fraction of sp³-hybridized carbons (Fsp3) is 0.417. The van der Waals surface area contributed by atoms with Gasteiger partial charge in [-0.25, -0.2) is 4.39 Å². The molecule has 3 heteroatoms. The predicted octanol–water partition coefficient (Wildman–Crippen LogP) is 3.60. The molecule has 0 heterocycles. The van der Waals surface area contributed by atoms with Gasteiger partial charge in [-0.3, -0.25) is 4.79 Å². The minimum atomic E-state index is -0.315. The summed E-state index contributed by atoms with van der Waals surface area (Å²) in [6.07, 6.45) is 1.78. The van der Waals surface area contributed by atoms with Crippen molar-refractivity contribution in [1.82, 2.24) is 0 Å². The smallest absolute Gasteiger partial charge is 0.133 e. The molecule has 2 rings (SSSR count). The highest BCUT2D eigenvalue weighted by Crippen LogP contribution is 2.40. The number of hydrogen-bond acceptors (Lipinski definition) is 1. The van der Waals surface area contributed by atoms with E-state index in [0.29, 0.717) is 18.4 Å². The van der Waals surface area contributed by atoms with E-state index >= 15 is 0 Å². The highest BCUT2D eigenvalue weighted by atomic mass is 79.9. The second-order valence-corrected chi connectivity index (χ2v) is 5.32. The molecule has 1 aliphatic rings. The Hall–Kier alpha value is -0.700. The third-order valence-corrected chi connectivity index (χ3v) is 3.61. The Morgan fingerprint density at radius 1 is 1.47 bits per heavy atom. The van der Waals surface area contributed by atoms with Crippen molar-refractivity contribution < 1.29 is 9.18 Å². The molecule has 0 amide bonds. The van der Waals surface area contributed by atoms with E-state index in [-0.39, 0.29) is 17.0 Å². The van der Waals surface area contributed by atoms with Gasteiger partial charge in [0.1, 0.15) is 11.6 Å². The molecule has 1 aromatic carbocycles. The number of carbonyl (C=O) groups is 1. The maximum Gasteiger partial charge on any atom is 0.133 e. The van der Waals surface area contributed by atoms with Gasteiger partial charge in [0.2, 0.25) is 0 Å². The summed E-state index contributed by atoms with van der Waals surface area (Å²) in [6, 6.07) is 4.92. The second-order valence-electron chi connectivity index (χ2n) is 4.40. The van der Waals surface area contributed by atoms with Gasteiger partial charge in [0, 0.05) is 22.7 Å². The number of halogens is 2. The van der Waals surface area contributed by atoms with Crippen molar-refractivity contribution in [2.24, 2.45) is 0 Å². The van der Waals surface area contributed by atoms with Gasteiger partial charge in [-0.15, -0.1) is 0 Å². The monoisotopic (exact) mass is 270 g/mol. The van der Waals surface area contributed by atoms with E-state index < -0.39 is 0 Å². The molecule has 1 aromatic rings. The van der Waals surface area contributed by atoms with Crippen LogP contribution in [0.4, 0.5) is 4.39 Å². The van der Waals surface area contributed by atoms with Crippen molar-refractivity contribution in [3.05, 3.63) is 34.1 Å². The highest BCUT2D eigenvalue weighted by molar-refractivity contribution is 9.10. The van der Waals surface area contributed by atoms with Crippen molar-refractivity contribution in [3.63, 3.8) is 0 Å². The van der Waals surface area contributed by atoms with Crippen LogP contribution >= 0.6 is 15.9 Å². The molecule has 0 aliphatic heterocycles. The maximum absolute atomic E-state index is 13.7. The third kappa shape index (κ3) is 1.98. The maximum atomic E-state index is 13.7. The van der Waals surface area contributed by atoms with Crippen LogP contribution in [0.25, 0.3) is 0 Å². The van der Waals surface area contributed by atoms with Gasteiger partial charge in [0.15, 0.2) is 0 Å². The number of hydrogen-bond donors (Lipinski definition) is 0. The van der Waals surface area contributed by atoms with Gasteiger partial charge >= 0.3 is 0 Å². The number of ketones is 1. The van der Waals surface area contributed by atoms with Crippen LogP contribution in [0.1, 0.15) is 31.7 Å². The van der Waals surface area contributed by atoms with Crippen LogP contribution in [0.2, 0.25) is 0 Å². The Balaban J connectivity index is 2.44. The minimum Gasteiger partial charge on any atom is -0.300 e. The van der Waals surface area contributed by atoms with Crippen molar-refractivity contribution in [3.8, 4) is 0 Å². The molecule has 1 fully saturated rings. The highest BCUT2D eigenvalue weighted by Gasteiger charge is 2.37. The lowest BCUT2D eigenvalue weighted by molar-refractivity contribution is -0.117. The molecular weight excluding hydrogens is 259 g/mol. The molecule has 0 N–H and O–H groups in total. The Bertz CT molecular complexity index is 416. The van der Waals surface area contributed by atoms with Crippen LogP contribution < -0.4 is 0 Å². The van der Waals surface area contributed by atoms with Gasteiger partial charge in [-0.05, 0) is 30.2 Å². The first kappa shape index (κ1) is 10.8. The normalized spacial score (nSPS) is 25.9. The van der Waals surface area contributed by atoms with Crippen molar-refractivity contribution in [2.75, 3.05) is 0 Å². The summed E-state index contributed by atoms with van der Waals surface area (Å²) in [4.78, 5) is 11.3. The average molecular weight is 271 g/mol. The van der Waals surface area contributed by atoms with Crippen LogP contribution in [0.5, 0.6) is 0 Å². The van der Waals surface area contributed by atoms with Gasteiger partial charge < -0.3 is 0 Å². The van der Waals surface area contributed by atoms with Gasteiger partial charge in [-0.2, -0.15) is 0 Å². The van der Waals surface area contributed by atoms with Gasteiger partial charge in [-0.1, -0.05) is 22.9 Å². The fourth-order valence-corrected chi connectivity index (χ4v) is 2.58. The summed E-state index contributed by atoms with van der Waals surface area (Å²) in [5, 5.41) is 0. The van der Waals surface area contributed by atoms with E-state index in [2.05, 4.69) is 15.9 Å². The molecule has 0 radical (unpaired) electrons. The molecule has 0 bridgehead atoms. The van der Waals surface area contributed by atoms with Crippen LogP contribution in [-0.2, 0) is 10.2 Å². The van der Waals surface area contributed by atoms with Crippen molar-refractivity contribution in [1.29, 1.82) is 0 Å². The van der Waals surface area contributed by atoms with E-state index in [0.717, 1.165) is 10.9 Å². The van der Waals surface area contributed by atoms with E-state index in [4.69, 9.17) is 0 Å². The molecule has 0 aromatic heterocycles. The number of Topliss-reactive ketones (excluding diaryl/α,β-unsaturated/α-hetero) is 1. The Morgan fingerprint density at radius 3 is 2.80 bits per heavy atom. The Kier molecular flexibility index (Phi) is 2.67. The summed E-state index contributed by atoms with van der Waals surface area (Å²) in [7, 11) is 0. The summed E-state index contributed by atoms with van der Waals surface area (Å²) in [5.74, 6) is 0.0206. The molecule has 0 spiro atoms. The Labute approximate surface area is 96.8 Å². The van der Waals surface area contributed by atoms with Crippen molar-refractivity contribution >= 4 is 21.7 Å². The van der Waals surface area contributed by atoms with E-state index in [1.54, 1.807) is 12.1 Å². The molecule has 0 saturated heterocycles. The van der Waals surface area contributed by atoms with Crippen LogP contribution in [0.3, 0.4) is 0 Å². The average Bonchev–Trinajstić information content (AvgIpc) is 2.52. The zero-order valence-electron chi connectivity index (χ0n) is 8.52. The van der Waals surface area contributed by atoms with Crippen LogP contribution in [0, 0.1) is 5.82 Å². The molecule has 1 atom stereocenters. The summed E-state index contributed by atoms with van der Waals surface area (Å²) in [5.41, 5.74) is 0.341. The quantitative estimate of drug-likeness (QED) is 0.762. The van der Waals surface area contributed by atoms with E-state index in [9.17, 15) is 9.18 Å². The SMILES string of the molecule is CC1(c2cc(Br)ccc2F)CCC(=O)C1. The number of benzene rings is 1. The third-order valence-electron chi connectivity index (χ3n) is 3.12. The standard InChI is InChI=1S/C12H12BrFO/c1-12(5-4-9(15)7-12)10-6-8(13)2-3-11(10)14/h2-3,6H,4-5,7H2,1H3. The first-order valence-electron chi connectivity index (χ1n) is 4.98. The van der Waals surface area contributed by atoms with Crippen LogP contribution in [0.15, 0.2) is 22.7 Å². The zero-order valence-corrected chi connectivity index (χ0v) is 10.1. The largest absolute Gasteiger partial charge is 0.300 e. The molecule has 1 aliphatic carbocycles. The first-order valence-corrected chi connectivity index (χ1v) is 5.78. The first-order chi connectivity index (χ1) is 7.01. The van der Waals surface area contributed by atoms with Crippen LogP contribution in [-0.4, -0.2) is 5.78 Å². The summed E-state index contributed by atoms with van der Waals surface area (Å²) >= 11 is 3.33. The summed E-state index contributed by atoms with van der Waals surface area (Å²) in [6.45, 7) is 1.96. The topological polar surface area (TPSA) is 17.1 Å². The molecule has 1 saturated carbocycles. The fourth-order valence-electron chi connectivity index (χ4n) is 2.22. The number of carbonyl (C=O) groups excluding carboxylic acids is 1. The Morgan fingerprint density at radius 2 is 2.20 bits per heavy atom. The van der Waals surface area contributed by atoms with E-state index in [1.807, 2.05) is 6.92 Å². The second kappa shape index (κ2) is 3.71. The molecule has 1 nitrogen and oxygen atoms in total. The number of rotatable bonds is 1. The van der Waals surface area contributed by atoms with Gasteiger partial charge in [0.25, 0.3) is 0 Å². The zero-order chi connectivity index (χ0) is 11.1. The lowest BCUT2D eigenvalue weighted by Crippen LogP contribution is -2.19. The lowest BCUT2D eigenvalue weighted by Gasteiger charge is -2.23.